The molecule has 1 aliphatic heterocycles. The van der Waals surface area contributed by atoms with Gasteiger partial charge in [-0.15, -0.1) is 0 Å². The number of carbonyl (C=O) groups is 1. The van der Waals surface area contributed by atoms with Crippen molar-refractivity contribution in [1.82, 2.24) is 5.43 Å². The third kappa shape index (κ3) is 4.48. The van der Waals surface area contributed by atoms with Gasteiger partial charge >= 0.3 is 0 Å². The van der Waals surface area contributed by atoms with Crippen LogP contribution in [0.2, 0.25) is 0 Å². The molecule has 1 saturated heterocycles. The van der Waals surface area contributed by atoms with Crippen LogP contribution < -0.4 is 10.3 Å². The third-order valence-corrected chi connectivity index (χ3v) is 4.33. The third-order valence-electron chi connectivity index (χ3n) is 4.33. The van der Waals surface area contributed by atoms with Crippen LogP contribution in [0, 0.1) is 17.0 Å². The van der Waals surface area contributed by atoms with Gasteiger partial charge in [0.1, 0.15) is 0 Å². The quantitative estimate of drug-likeness (QED) is 0.497. The summed E-state index contributed by atoms with van der Waals surface area (Å²) in [5, 5.41) is 15.1. The summed E-state index contributed by atoms with van der Waals surface area (Å²) >= 11 is 0. The molecule has 0 atom stereocenters. The average molecular weight is 368 g/mol. The molecule has 1 heterocycles. The van der Waals surface area contributed by atoms with Crippen LogP contribution in [0.5, 0.6) is 0 Å². The monoisotopic (exact) mass is 368 g/mol. The van der Waals surface area contributed by atoms with Crippen molar-refractivity contribution in [3.8, 4) is 0 Å². The highest BCUT2D eigenvalue weighted by Gasteiger charge is 2.17. The first-order valence-corrected chi connectivity index (χ1v) is 8.56. The lowest BCUT2D eigenvalue weighted by atomic mass is 10.1. The first-order valence-electron chi connectivity index (χ1n) is 8.56. The molecule has 1 fully saturated rings. The minimum absolute atomic E-state index is 0.0290. The number of aryl methyl sites for hydroxylation is 1. The normalized spacial score (nSPS) is 14.3. The number of morpholine rings is 1. The Balaban J connectivity index is 1.82. The molecule has 8 nitrogen and oxygen atoms in total. The van der Waals surface area contributed by atoms with Gasteiger partial charge in [-0.3, -0.25) is 14.9 Å². The summed E-state index contributed by atoms with van der Waals surface area (Å²) in [4.78, 5) is 25.0. The Morgan fingerprint density at radius 2 is 2.00 bits per heavy atom. The van der Waals surface area contributed by atoms with Crippen LogP contribution in [0.3, 0.4) is 0 Å². The van der Waals surface area contributed by atoms with Crippen LogP contribution in [0.15, 0.2) is 47.6 Å². The van der Waals surface area contributed by atoms with Gasteiger partial charge in [-0.05, 0) is 24.6 Å². The van der Waals surface area contributed by atoms with Crippen LogP contribution in [-0.2, 0) is 4.74 Å². The number of non-ortho nitro benzene ring substituents is 1. The Hall–Kier alpha value is -3.26. The van der Waals surface area contributed by atoms with Gasteiger partial charge in [0.2, 0.25) is 0 Å². The molecule has 0 spiro atoms. The van der Waals surface area contributed by atoms with E-state index in [4.69, 9.17) is 4.74 Å². The molecule has 3 rings (SSSR count). The first kappa shape index (κ1) is 18.5. The molecule has 0 saturated carbocycles. The second-order valence-corrected chi connectivity index (χ2v) is 6.11. The lowest BCUT2D eigenvalue weighted by molar-refractivity contribution is -0.384. The fraction of sp³-hybridized carbons (Fsp3) is 0.263. The molecule has 0 aromatic heterocycles. The standard InChI is InChI=1S/C19H20N4O4/c1-14-4-2-3-5-17(14)19(24)21-20-13-15-12-16(23(25)26)6-7-18(15)22-8-10-27-11-9-22/h2-7,12-13H,8-11H2,1H3,(H,21,24)/b20-13-. The van der Waals surface area contributed by atoms with Crippen LogP contribution in [0.25, 0.3) is 0 Å². The highest BCUT2D eigenvalue weighted by atomic mass is 16.6. The largest absolute Gasteiger partial charge is 0.378 e. The Kier molecular flexibility index (Phi) is 5.77. The zero-order chi connectivity index (χ0) is 19.2. The van der Waals surface area contributed by atoms with E-state index in [1.54, 1.807) is 18.2 Å². The summed E-state index contributed by atoms with van der Waals surface area (Å²) in [6.45, 7) is 4.41. The molecule has 0 aliphatic carbocycles. The van der Waals surface area contributed by atoms with Crippen molar-refractivity contribution >= 4 is 23.5 Å². The summed E-state index contributed by atoms with van der Waals surface area (Å²) < 4.78 is 5.36. The van der Waals surface area contributed by atoms with Gasteiger partial charge < -0.3 is 9.64 Å². The molecule has 27 heavy (non-hydrogen) atoms. The molecule has 1 N–H and O–H groups in total. The van der Waals surface area contributed by atoms with E-state index in [1.165, 1.54) is 18.3 Å². The number of hydrazone groups is 1. The zero-order valence-corrected chi connectivity index (χ0v) is 14.9. The van der Waals surface area contributed by atoms with E-state index >= 15 is 0 Å². The van der Waals surface area contributed by atoms with Crippen LogP contribution >= 0.6 is 0 Å². The molecule has 0 unspecified atom stereocenters. The van der Waals surface area contributed by atoms with Gasteiger partial charge in [0, 0.05) is 42.0 Å². The number of carbonyl (C=O) groups excluding carboxylic acids is 1. The van der Waals surface area contributed by atoms with Gasteiger partial charge in [0.25, 0.3) is 11.6 Å². The van der Waals surface area contributed by atoms with Crippen molar-refractivity contribution in [3.63, 3.8) is 0 Å². The molecule has 0 radical (unpaired) electrons. The molecule has 0 bridgehead atoms. The number of hydrogen-bond acceptors (Lipinski definition) is 6. The van der Waals surface area contributed by atoms with E-state index in [0.717, 1.165) is 11.3 Å². The summed E-state index contributed by atoms with van der Waals surface area (Å²) in [5.41, 5.74) is 5.21. The van der Waals surface area contributed by atoms with Gasteiger partial charge in [-0.25, -0.2) is 5.43 Å². The predicted molar refractivity (Wildman–Crippen MR) is 102 cm³/mol. The average Bonchev–Trinajstić information content (AvgIpc) is 2.68. The number of nitrogens with zero attached hydrogens (tertiary/aromatic N) is 3. The van der Waals surface area contributed by atoms with Crippen molar-refractivity contribution in [3.05, 3.63) is 69.3 Å². The second kappa shape index (κ2) is 8.41. The second-order valence-electron chi connectivity index (χ2n) is 6.11. The highest BCUT2D eigenvalue weighted by molar-refractivity contribution is 5.96. The summed E-state index contributed by atoms with van der Waals surface area (Å²) in [7, 11) is 0. The molecule has 2 aromatic carbocycles. The lowest BCUT2D eigenvalue weighted by Crippen LogP contribution is -2.36. The maximum absolute atomic E-state index is 12.3. The zero-order valence-electron chi connectivity index (χ0n) is 14.9. The minimum atomic E-state index is -0.452. The summed E-state index contributed by atoms with van der Waals surface area (Å²) in [5.74, 6) is -0.331. The summed E-state index contributed by atoms with van der Waals surface area (Å²) in [6, 6.07) is 11.8. The predicted octanol–water partition coefficient (Wildman–Crippen LogP) is 2.50. The van der Waals surface area contributed by atoms with E-state index in [-0.39, 0.29) is 11.6 Å². The number of anilines is 1. The van der Waals surface area contributed by atoms with E-state index < -0.39 is 4.92 Å². The maximum Gasteiger partial charge on any atom is 0.271 e. The molecular formula is C19H20N4O4. The van der Waals surface area contributed by atoms with Crippen LogP contribution in [-0.4, -0.2) is 43.3 Å². The van der Waals surface area contributed by atoms with Crippen molar-refractivity contribution in [2.75, 3.05) is 31.2 Å². The summed E-state index contributed by atoms with van der Waals surface area (Å²) in [6.07, 6.45) is 1.44. The molecule has 140 valence electrons. The van der Waals surface area contributed by atoms with Crippen molar-refractivity contribution in [1.29, 1.82) is 0 Å². The van der Waals surface area contributed by atoms with E-state index in [2.05, 4.69) is 15.4 Å². The maximum atomic E-state index is 12.3. The van der Waals surface area contributed by atoms with Crippen molar-refractivity contribution in [2.24, 2.45) is 5.10 Å². The van der Waals surface area contributed by atoms with Gasteiger partial charge in [-0.1, -0.05) is 18.2 Å². The molecular weight excluding hydrogens is 348 g/mol. The smallest absolute Gasteiger partial charge is 0.271 e. The first-order chi connectivity index (χ1) is 13.1. The number of ether oxygens (including phenoxy) is 1. The highest BCUT2D eigenvalue weighted by Crippen LogP contribution is 2.25. The number of nitro groups is 1. The van der Waals surface area contributed by atoms with Gasteiger partial charge in [-0.2, -0.15) is 5.10 Å². The van der Waals surface area contributed by atoms with E-state index in [1.807, 2.05) is 19.1 Å². The van der Waals surface area contributed by atoms with E-state index in [0.29, 0.717) is 37.4 Å². The fourth-order valence-electron chi connectivity index (χ4n) is 2.90. The number of nitro benzene ring substituents is 1. The lowest BCUT2D eigenvalue weighted by Gasteiger charge is -2.29. The minimum Gasteiger partial charge on any atom is -0.378 e. The number of amides is 1. The Morgan fingerprint density at radius 3 is 2.70 bits per heavy atom. The Labute approximate surface area is 156 Å². The molecule has 8 heteroatoms. The molecule has 2 aromatic rings. The number of benzene rings is 2. The molecule has 1 amide bonds. The van der Waals surface area contributed by atoms with Gasteiger partial charge in [0.05, 0.1) is 24.4 Å². The number of hydrogen-bond donors (Lipinski definition) is 1. The van der Waals surface area contributed by atoms with E-state index in [9.17, 15) is 14.9 Å². The Bertz CT molecular complexity index is 876. The fourth-order valence-corrected chi connectivity index (χ4v) is 2.90. The number of rotatable bonds is 5. The van der Waals surface area contributed by atoms with Crippen LogP contribution in [0.4, 0.5) is 11.4 Å². The Morgan fingerprint density at radius 1 is 1.26 bits per heavy atom. The topological polar surface area (TPSA) is 97.1 Å². The van der Waals surface area contributed by atoms with Crippen molar-refractivity contribution in [2.45, 2.75) is 6.92 Å². The van der Waals surface area contributed by atoms with Crippen LogP contribution in [0.1, 0.15) is 21.5 Å². The van der Waals surface area contributed by atoms with Gasteiger partial charge in [0.15, 0.2) is 0 Å². The number of nitrogens with one attached hydrogen (secondary N) is 1. The van der Waals surface area contributed by atoms with Crippen molar-refractivity contribution < 1.29 is 14.5 Å². The SMILES string of the molecule is Cc1ccccc1C(=O)N/N=C\c1cc([N+](=O)[O-])ccc1N1CCOCC1. The molecule has 1 aliphatic rings.